The van der Waals surface area contributed by atoms with Gasteiger partial charge in [0.25, 0.3) is 0 Å². The van der Waals surface area contributed by atoms with Crippen LogP contribution in [-0.4, -0.2) is 56.6 Å². The number of hydrogen-bond acceptors (Lipinski definition) is 5. The average Bonchev–Trinajstić information content (AvgIpc) is 3.15. The lowest BCUT2D eigenvalue weighted by Gasteiger charge is -2.38. The van der Waals surface area contributed by atoms with Crippen molar-refractivity contribution in [1.29, 1.82) is 0 Å². The highest BCUT2D eigenvalue weighted by Gasteiger charge is 2.33. The van der Waals surface area contributed by atoms with Gasteiger partial charge < -0.3 is 25.6 Å². The molecule has 3 N–H and O–H groups in total. The predicted octanol–water partition coefficient (Wildman–Crippen LogP) is 2.93. The number of benzene rings is 2. The molecule has 2 saturated heterocycles. The first-order valence-corrected chi connectivity index (χ1v) is 11.1. The highest BCUT2D eigenvalue weighted by Crippen LogP contribution is 2.30. The number of thiocarbonyl (C=S) groups is 1. The highest BCUT2D eigenvalue weighted by molar-refractivity contribution is 7.80. The minimum atomic E-state index is -0.506. The molecule has 2 aliphatic heterocycles. The van der Waals surface area contributed by atoms with E-state index in [9.17, 15) is 4.79 Å². The Morgan fingerprint density at radius 2 is 1.84 bits per heavy atom. The third kappa shape index (κ3) is 4.57. The summed E-state index contributed by atoms with van der Waals surface area (Å²) in [5.41, 5.74) is 10.3. The molecule has 2 fully saturated rings. The maximum atomic E-state index is 15.0. The van der Waals surface area contributed by atoms with E-state index in [1.54, 1.807) is 12.1 Å². The fraction of sp³-hybridized carbons (Fsp3) is 0.391. The van der Waals surface area contributed by atoms with Crippen molar-refractivity contribution in [2.45, 2.75) is 20.0 Å². The molecule has 0 bridgehead atoms. The van der Waals surface area contributed by atoms with Gasteiger partial charge in [0.1, 0.15) is 11.9 Å². The topological polar surface area (TPSA) is 74.1 Å². The summed E-state index contributed by atoms with van der Waals surface area (Å²) in [5, 5.41) is 2.93. The van der Waals surface area contributed by atoms with Crippen molar-refractivity contribution >= 4 is 40.5 Å². The van der Waals surface area contributed by atoms with Crippen LogP contribution < -0.4 is 25.8 Å². The van der Waals surface area contributed by atoms with Gasteiger partial charge in [0, 0.05) is 31.9 Å². The summed E-state index contributed by atoms with van der Waals surface area (Å²) in [6.45, 7) is 7.98. The van der Waals surface area contributed by atoms with Crippen molar-refractivity contribution in [3.05, 3.63) is 53.3 Å². The molecule has 170 valence electrons. The second-order valence-electron chi connectivity index (χ2n) is 8.19. The van der Waals surface area contributed by atoms with Gasteiger partial charge in [0.2, 0.25) is 0 Å². The quantitative estimate of drug-likeness (QED) is 0.669. The molecule has 2 aliphatic rings. The first-order chi connectivity index (χ1) is 15.3. The van der Waals surface area contributed by atoms with Gasteiger partial charge in [-0.1, -0.05) is 12.1 Å². The van der Waals surface area contributed by atoms with Gasteiger partial charge in [-0.05, 0) is 61.5 Å². The molecule has 0 aromatic heterocycles. The standard InChI is InChI=1S/C23H28FN5O2S/c1-15-4-3-5-20(16(15)2)27-8-10-28(11-9-27)21-7-6-17(12-19(21)24)29-14-18(31-23(29)30)13-26-22(25)32/h3-7,12,18H,8-11,13-14H2,1-2H3,(H3,25,26,32)/t18-/m0/s1. The Morgan fingerprint density at radius 1 is 1.16 bits per heavy atom. The van der Waals surface area contributed by atoms with Crippen molar-refractivity contribution in [2.24, 2.45) is 5.73 Å². The van der Waals surface area contributed by atoms with E-state index >= 15 is 4.39 Å². The van der Waals surface area contributed by atoms with Crippen molar-refractivity contribution in [3.8, 4) is 0 Å². The van der Waals surface area contributed by atoms with E-state index in [-0.39, 0.29) is 10.9 Å². The van der Waals surface area contributed by atoms with E-state index in [0.29, 0.717) is 24.5 Å². The Balaban J connectivity index is 1.40. The van der Waals surface area contributed by atoms with E-state index < -0.39 is 12.2 Å². The van der Waals surface area contributed by atoms with Crippen LogP contribution in [0.25, 0.3) is 0 Å². The Hall–Kier alpha value is -3.07. The summed E-state index contributed by atoms with van der Waals surface area (Å²) < 4.78 is 20.3. The highest BCUT2D eigenvalue weighted by atomic mass is 32.1. The number of anilines is 3. The third-order valence-corrected chi connectivity index (χ3v) is 6.30. The summed E-state index contributed by atoms with van der Waals surface area (Å²) in [4.78, 5) is 18.1. The molecule has 2 aromatic rings. The SMILES string of the molecule is Cc1cccc(N2CCN(c3ccc(N4C[C@H](CNC(N)=S)OC4=O)cc3F)CC2)c1C. The summed E-state index contributed by atoms with van der Waals surface area (Å²) in [7, 11) is 0. The van der Waals surface area contributed by atoms with Crippen LogP contribution in [0, 0.1) is 19.7 Å². The van der Waals surface area contributed by atoms with Crippen LogP contribution in [0.3, 0.4) is 0 Å². The molecule has 7 nitrogen and oxygen atoms in total. The summed E-state index contributed by atoms with van der Waals surface area (Å²) >= 11 is 4.78. The number of carbonyl (C=O) groups excluding carboxylic acids is 1. The van der Waals surface area contributed by atoms with Crippen LogP contribution in [0.4, 0.5) is 26.2 Å². The van der Waals surface area contributed by atoms with Crippen LogP contribution in [-0.2, 0) is 4.74 Å². The third-order valence-electron chi connectivity index (χ3n) is 6.16. The Labute approximate surface area is 192 Å². The largest absolute Gasteiger partial charge is 0.442 e. The van der Waals surface area contributed by atoms with E-state index in [0.717, 1.165) is 26.2 Å². The Bertz CT molecular complexity index is 1030. The van der Waals surface area contributed by atoms with Crippen molar-refractivity contribution in [1.82, 2.24) is 5.32 Å². The van der Waals surface area contributed by atoms with Gasteiger partial charge in [0.15, 0.2) is 5.11 Å². The molecule has 1 atom stereocenters. The van der Waals surface area contributed by atoms with Gasteiger partial charge >= 0.3 is 6.09 Å². The number of rotatable bonds is 5. The van der Waals surface area contributed by atoms with Crippen LogP contribution in [0.2, 0.25) is 0 Å². The second-order valence-corrected chi connectivity index (χ2v) is 8.63. The number of aryl methyl sites for hydroxylation is 1. The van der Waals surface area contributed by atoms with E-state index in [1.807, 2.05) is 0 Å². The van der Waals surface area contributed by atoms with Crippen LogP contribution in [0.5, 0.6) is 0 Å². The number of amides is 1. The number of cyclic esters (lactones) is 1. The van der Waals surface area contributed by atoms with Crippen molar-refractivity contribution in [2.75, 3.05) is 54.0 Å². The normalized spacial score (nSPS) is 18.7. The maximum Gasteiger partial charge on any atom is 0.414 e. The van der Waals surface area contributed by atoms with Crippen LogP contribution in [0.15, 0.2) is 36.4 Å². The molecule has 0 aliphatic carbocycles. The Morgan fingerprint density at radius 3 is 2.50 bits per heavy atom. The molecule has 2 heterocycles. The molecule has 4 rings (SSSR count). The zero-order valence-electron chi connectivity index (χ0n) is 18.3. The summed E-state index contributed by atoms with van der Waals surface area (Å²) in [5.74, 6) is -0.347. The minimum Gasteiger partial charge on any atom is -0.442 e. The monoisotopic (exact) mass is 457 g/mol. The molecular formula is C23H28FN5O2S. The number of nitrogens with two attached hydrogens (primary N) is 1. The van der Waals surface area contributed by atoms with E-state index in [4.69, 9.17) is 22.7 Å². The van der Waals surface area contributed by atoms with Gasteiger partial charge in [-0.25, -0.2) is 9.18 Å². The molecule has 32 heavy (non-hydrogen) atoms. The lowest BCUT2D eigenvalue weighted by atomic mass is 10.1. The minimum absolute atomic E-state index is 0.146. The fourth-order valence-corrected chi connectivity index (χ4v) is 4.32. The number of hydrogen-bond donors (Lipinski definition) is 2. The lowest BCUT2D eigenvalue weighted by Crippen LogP contribution is -2.47. The van der Waals surface area contributed by atoms with Gasteiger partial charge in [-0.3, -0.25) is 4.90 Å². The number of halogens is 1. The number of carbonyl (C=O) groups is 1. The second kappa shape index (κ2) is 9.20. The first-order valence-electron chi connectivity index (χ1n) is 10.7. The summed E-state index contributed by atoms with van der Waals surface area (Å²) in [6, 6.07) is 11.3. The molecule has 9 heteroatoms. The zero-order chi connectivity index (χ0) is 22.8. The van der Waals surface area contributed by atoms with Crippen molar-refractivity contribution in [3.63, 3.8) is 0 Å². The lowest BCUT2D eigenvalue weighted by molar-refractivity contribution is 0.143. The molecule has 0 spiro atoms. The molecule has 0 saturated carbocycles. The molecule has 2 aromatic carbocycles. The summed E-state index contributed by atoms with van der Waals surface area (Å²) in [6.07, 6.45) is -0.904. The fourth-order valence-electron chi connectivity index (χ4n) is 4.24. The molecular weight excluding hydrogens is 429 g/mol. The number of nitrogens with one attached hydrogen (secondary N) is 1. The molecule has 0 unspecified atom stereocenters. The van der Waals surface area contributed by atoms with E-state index in [2.05, 4.69) is 47.2 Å². The molecule has 0 radical (unpaired) electrons. The van der Waals surface area contributed by atoms with Gasteiger partial charge in [0.05, 0.1) is 24.5 Å². The average molecular weight is 458 g/mol. The maximum absolute atomic E-state index is 15.0. The number of ether oxygens (including phenoxy) is 1. The Kier molecular flexibility index (Phi) is 6.36. The first kappa shape index (κ1) is 22.1. The number of piperazine rings is 1. The van der Waals surface area contributed by atoms with Crippen LogP contribution >= 0.6 is 12.2 Å². The van der Waals surface area contributed by atoms with Crippen LogP contribution in [0.1, 0.15) is 11.1 Å². The molecule has 1 amide bonds. The smallest absolute Gasteiger partial charge is 0.414 e. The zero-order valence-corrected chi connectivity index (χ0v) is 19.1. The van der Waals surface area contributed by atoms with Gasteiger partial charge in [-0.2, -0.15) is 0 Å². The van der Waals surface area contributed by atoms with Crippen molar-refractivity contribution < 1.29 is 13.9 Å². The number of nitrogens with zero attached hydrogens (tertiary/aromatic N) is 3. The van der Waals surface area contributed by atoms with Gasteiger partial charge in [-0.15, -0.1) is 0 Å². The predicted molar refractivity (Wildman–Crippen MR) is 129 cm³/mol. The van der Waals surface area contributed by atoms with E-state index in [1.165, 1.54) is 27.8 Å².